The molecular formula is C20H19Cl3N4O. The normalized spacial score (nSPS) is 19.8. The average Bonchev–Trinajstić information content (AvgIpc) is 3.32. The molecule has 2 heterocycles. The summed E-state index contributed by atoms with van der Waals surface area (Å²) < 4.78 is 0. The van der Waals surface area contributed by atoms with Gasteiger partial charge in [-0.3, -0.25) is 15.2 Å². The number of nitrogens with one attached hydrogen (secondary N) is 1. The van der Waals surface area contributed by atoms with Gasteiger partial charge in [-0.05, 0) is 48.7 Å². The van der Waals surface area contributed by atoms with Crippen molar-refractivity contribution in [3.8, 4) is 0 Å². The maximum Gasteiger partial charge on any atom is 0.281 e. The Labute approximate surface area is 178 Å². The van der Waals surface area contributed by atoms with Crippen LogP contribution in [0.5, 0.6) is 0 Å². The first kappa shape index (κ1) is 19.5. The fourth-order valence-corrected chi connectivity index (χ4v) is 4.14. The summed E-state index contributed by atoms with van der Waals surface area (Å²) in [6.45, 7) is 1.73. The monoisotopic (exact) mass is 436 g/mol. The number of rotatable bonds is 4. The zero-order chi connectivity index (χ0) is 19.7. The summed E-state index contributed by atoms with van der Waals surface area (Å²) in [4.78, 5) is 12.8. The van der Waals surface area contributed by atoms with Crippen molar-refractivity contribution in [1.29, 1.82) is 0 Å². The van der Waals surface area contributed by atoms with E-state index in [4.69, 9.17) is 34.8 Å². The number of hydrogen-bond donors (Lipinski definition) is 1. The molecule has 1 fully saturated rings. The van der Waals surface area contributed by atoms with Crippen molar-refractivity contribution < 1.29 is 4.79 Å². The van der Waals surface area contributed by atoms with Gasteiger partial charge < -0.3 is 0 Å². The van der Waals surface area contributed by atoms with E-state index in [-0.39, 0.29) is 11.9 Å². The number of hydrogen-bond acceptors (Lipinski definition) is 4. The number of benzene rings is 2. The topological polar surface area (TPSA) is 47.9 Å². The molecule has 0 saturated carbocycles. The summed E-state index contributed by atoms with van der Waals surface area (Å²) in [5.41, 5.74) is 5.14. The third-order valence-corrected chi connectivity index (χ3v) is 5.74. The van der Waals surface area contributed by atoms with Crippen LogP contribution in [0.15, 0.2) is 47.6 Å². The summed E-state index contributed by atoms with van der Waals surface area (Å²) >= 11 is 18.5. The Bertz CT molecular complexity index is 910. The van der Waals surface area contributed by atoms with E-state index in [9.17, 15) is 4.79 Å². The lowest BCUT2D eigenvalue weighted by Crippen LogP contribution is -2.43. The fraction of sp³-hybridized carbons (Fsp3) is 0.300. The zero-order valence-electron chi connectivity index (χ0n) is 15.0. The zero-order valence-corrected chi connectivity index (χ0v) is 17.3. The summed E-state index contributed by atoms with van der Waals surface area (Å²) in [5.74, 6) is -0.173. The van der Waals surface area contributed by atoms with Crippen LogP contribution in [0.4, 0.5) is 5.69 Å². The molecule has 2 aromatic carbocycles. The van der Waals surface area contributed by atoms with Crippen LogP contribution in [0.1, 0.15) is 30.9 Å². The maximum absolute atomic E-state index is 12.8. The van der Waals surface area contributed by atoms with Crippen molar-refractivity contribution in [3.63, 3.8) is 0 Å². The summed E-state index contributed by atoms with van der Waals surface area (Å²) in [7, 11) is 0. The van der Waals surface area contributed by atoms with Crippen molar-refractivity contribution in [1.82, 2.24) is 10.4 Å². The number of hydrazine groups is 1. The number of hydrazone groups is 1. The smallest absolute Gasteiger partial charge is 0.281 e. The first-order valence-corrected chi connectivity index (χ1v) is 10.3. The lowest BCUT2D eigenvalue weighted by atomic mass is 10.0. The van der Waals surface area contributed by atoms with Crippen LogP contribution in [-0.4, -0.2) is 29.7 Å². The van der Waals surface area contributed by atoms with Crippen LogP contribution >= 0.6 is 34.8 Å². The standard InChI is InChI=1S/C20H19Cl3N4O/c21-14-5-3-13(4-6-14)19-12-17(20(28)25-26-9-1-2-10-26)24-27(19)18-8-7-15(22)11-16(18)23/h3-8,11,19H,1-2,9-10,12H2,(H,25,28). The molecule has 5 nitrogen and oxygen atoms in total. The van der Waals surface area contributed by atoms with E-state index >= 15 is 0 Å². The number of amides is 1. The first-order chi connectivity index (χ1) is 13.5. The average molecular weight is 438 g/mol. The molecule has 1 atom stereocenters. The Hall–Kier alpha value is -1.79. The molecule has 0 radical (unpaired) electrons. The molecule has 0 aliphatic carbocycles. The Morgan fingerprint density at radius 2 is 1.68 bits per heavy atom. The molecule has 0 aromatic heterocycles. The quantitative estimate of drug-likeness (QED) is 0.725. The Balaban J connectivity index is 1.65. The summed E-state index contributed by atoms with van der Waals surface area (Å²) in [6, 6.07) is 12.7. The largest absolute Gasteiger partial charge is 0.284 e. The lowest BCUT2D eigenvalue weighted by Gasteiger charge is -2.25. The minimum atomic E-state index is -0.173. The highest BCUT2D eigenvalue weighted by Crippen LogP contribution is 2.39. The second kappa shape index (κ2) is 8.29. The molecule has 1 N–H and O–H groups in total. The van der Waals surface area contributed by atoms with Gasteiger partial charge in [0.05, 0.1) is 16.8 Å². The van der Waals surface area contributed by atoms with Gasteiger partial charge in [0.25, 0.3) is 5.91 Å². The van der Waals surface area contributed by atoms with E-state index in [1.54, 1.807) is 17.1 Å². The Kier molecular flexibility index (Phi) is 5.78. The molecule has 1 saturated heterocycles. The lowest BCUT2D eigenvalue weighted by molar-refractivity contribution is -0.119. The van der Waals surface area contributed by atoms with Crippen LogP contribution in [0, 0.1) is 0 Å². The van der Waals surface area contributed by atoms with Gasteiger partial charge in [-0.15, -0.1) is 0 Å². The summed E-state index contributed by atoms with van der Waals surface area (Å²) in [6.07, 6.45) is 2.65. The highest BCUT2D eigenvalue weighted by molar-refractivity contribution is 6.40. The number of carbonyl (C=O) groups excluding carboxylic acids is 1. The predicted molar refractivity (Wildman–Crippen MR) is 114 cm³/mol. The van der Waals surface area contributed by atoms with Gasteiger partial charge in [0.2, 0.25) is 0 Å². The van der Waals surface area contributed by atoms with Gasteiger partial charge in [0, 0.05) is 29.6 Å². The molecule has 2 aromatic rings. The molecular weight excluding hydrogens is 419 g/mol. The molecule has 8 heteroatoms. The molecule has 2 aliphatic heterocycles. The highest BCUT2D eigenvalue weighted by Gasteiger charge is 2.34. The molecule has 4 rings (SSSR count). The SMILES string of the molecule is O=C(NN1CCCC1)C1=NN(c2ccc(Cl)cc2Cl)C(c2ccc(Cl)cc2)C1. The van der Waals surface area contributed by atoms with E-state index in [0.29, 0.717) is 32.9 Å². The van der Waals surface area contributed by atoms with Gasteiger partial charge >= 0.3 is 0 Å². The molecule has 2 aliphatic rings. The van der Waals surface area contributed by atoms with Gasteiger partial charge in [-0.1, -0.05) is 46.9 Å². The predicted octanol–water partition coefficient (Wildman–Crippen LogP) is 5.08. The molecule has 28 heavy (non-hydrogen) atoms. The van der Waals surface area contributed by atoms with Crippen molar-refractivity contribution in [2.24, 2.45) is 5.10 Å². The van der Waals surface area contributed by atoms with Gasteiger partial charge in [-0.2, -0.15) is 5.10 Å². The Morgan fingerprint density at radius 3 is 2.36 bits per heavy atom. The number of anilines is 1. The highest BCUT2D eigenvalue weighted by atomic mass is 35.5. The number of nitrogens with zero attached hydrogens (tertiary/aromatic N) is 3. The second-order valence-corrected chi connectivity index (χ2v) is 8.17. The molecule has 0 spiro atoms. The first-order valence-electron chi connectivity index (χ1n) is 9.14. The van der Waals surface area contributed by atoms with E-state index in [1.807, 2.05) is 35.3 Å². The van der Waals surface area contributed by atoms with Crippen LogP contribution < -0.4 is 10.4 Å². The van der Waals surface area contributed by atoms with Crippen molar-refractivity contribution >= 4 is 52.1 Å². The Morgan fingerprint density at radius 1 is 1.00 bits per heavy atom. The van der Waals surface area contributed by atoms with Gasteiger partial charge in [0.15, 0.2) is 0 Å². The van der Waals surface area contributed by atoms with Crippen LogP contribution in [-0.2, 0) is 4.79 Å². The van der Waals surface area contributed by atoms with E-state index in [1.165, 1.54) is 0 Å². The minimum Gasteiger partial charge on any atom is -0.284 e. The summed E-state index contributed by atoms with van der Waals surface area (Å²) in [5, 5.41) is 10.0. The van der Waals surface area contributed by atoms with Crippen molar-refractivity contribution in [3.05, 3.63) is 63.1 Å². The van der Waals surface area contributed by atoms with Crippen LogP contribution in [0.3, 0.4) is 0 Å². The van der Waals surface area contributed by atoms with E-state index in [0.717, 1.165) is 31.5 Å². The van der Waals surface area contributed by atoms with Crippen LogP contribution in [0.2, 0.25) is 15.1 Å². The molecule has 1 unspecified atom stereocenters. The molecule has 146 valence electrons. The third kappa shape index (κ3) is 4.13. The number of carbonyl (C=O) groups is 1. The minimum absolute atomic E-state index is 0.157. The van der Waals surface area contributed by atoms with Crippen molar-refractivity contribution in [2.75, 3.05) is 18.1 Å². The third-order valence-electron chi connectivity index (χ3n) is 4.95. The molecule has 0 bridgehead atoms. The molecule has 1 amide bonds. The van der Waals surface area contributed by atoms with E-state index < -0.39 is 0 Å². The van der Waals surface area contributed by atoms with E-state index in [2.05, 4.69) is 10.5 Å². The maximum atomic E-state index is 12.8. The van der Waals surface area contributed by atoms with Gasteiger partial charge in [-0.25, -0.2) is 5.01 Å². The van der Waals surface area contributed by atoms with Crippen molar-refractivity contribution in [2.45, 2.75) is 25.3 Å². The van der Waals surface area contributed by atoms with Gasteiger partial charge in [0.1, 0.15) is 5.71 Å². The number of halogens is 3. The second-order valence-electron chi connectivity index (χ2n) is 6.89. The van der Waals surface area contributed by atoms with Crippen LogP contribution in [0.25, 0.3) is 0 Å². The fourth-order valence-electron chi connectivity index (χ4n) is 3.52.